The molecule has 2 N–H and O–H groups in total. The first-order valence-electron chi connectivity index (χ1n) is 6.56. The van der Waals surface area contributed by atoms with Crippen LogP contribution in [0.1, 0.15) is 12.8 Å². The van der Waals surface area contributed by atoms with Crippen LogP contribution in [0.25, 0.3) is 10.2 Å². The maximum absolute atomic E-state index is 12.4. The zero-order valence-electron chi connectivity index (χ0n) is 11.3. The van der Waals surface area contributed by atoms with Crippen molar-refractivity contribution in [3.05, 3.63) is 18.2 Å². The number of para-hydroxylation sites is 1. The van der Waals surface area contributed by atoms with Gasteiger partial charge in [-0.15, -0.1) is 13.2 Å². The van der Waals surface area contributed by atoms with E-state index < -0.39 is 18.3 Å². The number of anilines is 1. The van der Waals surface area contributed by atoms with Crippen molar-refractivity contribution < 1.29 is 22.7 Å². The largest absolute Gasteiger partial charge is 0.573 e. The number of fused-ring (bicyclic) bond motifs is 1. The van der Waals surface area contributed by atoms with Gasteiger partial charge in [-0.25, -0.2) is 4.98 Å². The van der Waals surface area contributed by atoms with Gasteiger partial charge in [-0.1, -0.05) is 17.4 Å². The van der Waals surface area contributed by atoms with Gasteiger partial charge in [-0.2, -0.15) is 0 Å². The van der Waals surface area contributed by atoms with Gasteiger partial charge < -0.3 is 15.4 Å². The Labute approximate surface area is 127 Å². The number of alkyl halides is 3. The van der Waals surface area contributed by atoms with Crippen LogP contribution in [-0.2, 0) is 4.79 Å². The average Bonchev–Trinajstić information content (AvgIpc) is 3.03. The fraction of sp³-hybridized carbons (Fsp3) is 0.385. The summed E-state index contributed by atoms with van der Waals surface area (Å²) in [7, 11) is 0. The number of carbonyl (C=O) groups is 1. The molecule has 3 rings (SSSR count). The third kappa shape index (κ3) is 2.80. The minimum absolute atomic E-state index is 0.134. The van der Waals surface area contributed by atoms with E-state index in [4.69, 9.17) is 5.73 Å². The van der Waals surface area contributed by atoms with Gasteiger partial charge in [-0.3, -0.25) is 4.79 Å². The summed E-state index contributed by atoms with van der Waals surface area (Å²) in [5, 5.41) is 0.481. The zero-order valence-corrected chi connectivity index (χ0v) is 12.1. The van der Waals surface area contributed by atoms with E-state index in [1.165, 1.54) is 23.5 Å². The molecule has 9 heteroatoms. The highest BCUT2D eigenvalue weighted by Gasteiger charge is 2.34. The number of nitrogens with zero attached hydrogens (tertiary/aromatic N) is 2. The molecule has 1 aliphatic rings. The predicted molar refractivity (Wildman–Crippen MR) is 75.9 cm³/mol. The van der Waals surface area contributed by atoms with Gasteiger partial charge in [-0.05, 0) is 25.0 Å². The minimum Gasteiger partial charge on any atom is -0.403 e. The summed E-state index contributed by atoms with van der Waals surface area (Å²) >= 11 is 1.22. The molecule has 1 saturated heterocycles. The molecule has 0 saturated carbocycles. The number of halogens is 3. The molecule has 1 fully saturated rings. The first kappa shape index (κ1) is 14.9. The molecule has 1 amide bonds. The Morgan fingerprint density at radius 2 is 2.23 bits per heavy atom. The molecular weight excluding hydrogens is 319 g/mol. The van der Waals surface area contributed by atoms with Gasteiger partial charge in [0, 0.05) is 6.54 Å². The number of rotatable bonds is 3. The van der Waals surface area contributed by atoms with Crippen LogP contribution >= 0.6 is 11.3 Å². The van der Waals surface area contributed by atoms with E-state index in [1.54, 1.807) is 11.0 Å². The second kappa shape index (κ2) is 5.31. The molecule has 0 bridgehead atoms. The highest BCUT2D eigenvalue weighted by molar-refractivity contribution is 7.22. The van der Waals surface area contributed by atoms with E-state index in [0.29, 0.717) is 22.8 Å². The molecule has 2 aromatic rings. The second-order valence-electron chi connectivity index (χ2n) is 4.90. The van der Waals surface area contributed by atoms with E-state index in [1.807, 2.05) is 0 Å². The standard InChI is InChI=1S/C13H12F3N3O2S/c14-13(15,16)21-8-4-1-5-9-10(8)18-12(22-9)19-6-2-3-7(19)11(17)20/h1,4-5,7H,2-3,6H2,(H2,17,20). The third-order valence-electron chi connectivity index (χ3n) is 3.42. The normalized spacial score (nSPS) is 18.9. The van der Waals surface area contributed by atoms with E-state index in [-0.39, 0.29) is 11.3 Å². The Morgan fingerprint density at radius 3 is 2.91 bits per heavy atom. The molecule has 5 nitrogen and oxygen atoms in total. The molecule has 118 valence electrons. The molecule has 0 spiro atoms. The number of benzene rings is 1. The SMILES string of the molecule is NC(=O)C1CCCN1c1nc2c(OC(F)(F)F)cccc2s1. The maximum atomic E-state index is 12.4. The van der Waals surface area contributed by atoms with E-state index in [0.717, 1.165) is 6.42 Å². The van der Waals surface area contributed by atoms with Crippen molar-refractivity contribution in [2.24, 2.45) is 5.73 Å². The molecule has 22 heavy (non-hydrogen) atoms. The van der Waals surface area contributed by atoms with Crippen LogP contribution in [0.3, 0.4) is 0 Å². The molecule has 0 aliphatic carbocycles. The van der Waals surface area contributed by atoms with Crippen LogP contribution < -0.4 is 15.4 Å². The Morgan fingerprint density at radius 1 is 1.45 bits per heavy atom. The fourth-order valence-electron chi connectivity index (χ4n) is 2.53. The summed E-state index contributed by atoms with van der Waals surface area (Å²) < 4.78 is 41.8. The minimum atomic E-state index is -4.78. The first-order valence-corrected chi connectivity index (χ1v) is 7.38. The van der Waals surface area contributed by atoms with E-state index in [9.17, 15) is 18.0 Å². The zero-order chi connectivity index (χ0) is 15.9. The number of carbonyl (C=O) groups excluding carboxylic acids is 1. The number of primary amides is 1. The fourth-order valence-corrected chi connectivity index (χ4v) is 3.59. The van der Waals surface area contributed by atoms with Gasteiger partial charge in [0.25, 0.3) is 0 Å². The van der Waals surface area contributed by atoms with Crippen LogP contribution in [0.2, 0.25) is 0 Å². The van der Waals surface area contributed by atoms with Crippen molar-refractivity contribution >= 4 is 32.6 Å². The van der Waals surface area contributed by atoms with Gasteiger partial charge >= 0.3 is 6.36 Å². The van der Waals surface area contributed by atoms with Crippen molar-refractivity contribution in [2.75, 3.05) is 11.4 Å². The molecule has 1 aliphatic heterocycles. The average molecular weight is 331 g/mol. The Kier molecular flexibility index (Phi) is 3.59. The summed E-state index contributed by atoms with van der Waals surface area (Å²) in [6, 6.07) is 3.89. The molecule has 1 atom stereocenters. The van der Waals surface area contributed by atoms with Crippen molar-refractivity contribution in [1.82, 2.24) is 4.98 Å². The van der Waals surface area contributed by atoms with Crippen LogP contribution in [-0.4, -0.2) is 29.8 Å². The van der Waals surface area contributed by atoms with E-state index in [2.05, 4.69) is 9.72 Å². The van der Waals surface area contributed by atoms with Crippen LogP contribution in [0, 0.1) is 0 Å². The summed E-state index contributed by atoms with van der Waals surface area (Å²) in [4.78, 5) is 17.4. The lowest BCUT2D eigenvalue weighted by molar-refractivity contribution is -0.274. The highest BCUT2D eigenvalue weighted by atomic mass is 32.1. The van der Waals surface area contributed by atoms with Crippen LogP contribution in [0.4, 0.5) is 18.3 Å². The Hall–Kier alpha value is -2.03. The summed E-state index contributed by atoms with van der Waals surface area (Å²) in [5.41, 5.74) is 5.49. The number of ether oxygens (including phenoxy) is 1. The molecule has 0 radical (unpaired) electrons. The summed E-state index contributed by atoms with van der Waals surface area (Å²) in [6.07, 6.45) is -3.37. The second-order valence-corrected chi connectivity index (χ2v) is 5.91. The topological polar surface area (TPSA) is 68.5 Å². The quantitative estimate of drug-likeness (QED) is 0.939. The third-order valence-corrected chi connectivity index (χ3v) is 4.48. The summed E-state index contributed by atoms with van der Waals surface area (Å²) in [5.74, 6) is -0.800. The Bertz CT molecular complexity index is 716. The number of hydrogen-bond acceptors (Lipinski definition) is 5. The lowest BCUT2D eigenvalue weighted by Crippen LogP contribution is -2.40. The number of amides is 1. The summed E-state index contributed by atoms with van der Waals surface area (Å²) in [6.45, 7) is 0.600. The van der Waals surface area contributed by atoms with Gasteiger partial charge in [0.05, 0.1) is 4.70 Å². The van der Waals surface area contributed by atoms with Gasteiger partial charge in [0.1, 0.15) is 11.6 Å². The highest BCUT2D eigenvalue weighted by Crippen LogP contribution is 2.38. The van der Waals surface area contributed by atoms with Crippen molar-refractivity contribution in [1.29, 1.82) is 0 Å². The first-order chi connectivity index (χ1) is 10.3. The lowest BCUT2D eigenvalue weighted by atomic mass is 10.2. The van der Waals surface area contributed by atoms with Crippen LogP contribution in [0.5, 0.6) is 5.75 Å². The van der Waals surface area contributed by atoms with E-state index >= 15 is 0 Å². The number of nitrogens with two attached hydrogens (primary N) is 1. The molecule has 1 aromatic heterocycles. The monoisotopic (exact) mass is 331 g/mol. The number of hydrogen-bond donors (Lipinski definition) is 1. The predicted octanol–water partition coefficient (Wildman–Crippen LogP) is 2.65. The molecular formula is C13H12F3N3O2S. The van der Waals surface area contributed by atoms with Crippen molar-refractivity contribution in [3.8, 4) is 5.75 Å². The molecule has 1 aromatic carbocycles. The van der Waals surface area contributed by atoms with Gasteiger partial charge in [0.2, 0.25) is 5.91 Å². The van der Waals surface area contributed by atoms with Crippen LogP contribution in [0.15, 0.2) is 18.2 Å². The molecule has 1 unspecified atom stereocenters. The van der Waals surface area contributed by atoms with Crippen molar-refractivity contribution in [3.63, 3.8) is 0 Å². The van der Waals surface area contributed by atoms with Gasteiger partial charge in [0.15, 0.2) is 10.9 Å². The lowest BCUT2D eigenvalue weighted by Gasteiger charge is -2.20. The Balaban J connectivity index is 1.99. The number of aromatic nitrogens is 1. The van der Waals surface area contributed by atoms with Crippen molar-refractivity contribution in [2.45, 2.75) is 25.2 Å². The molecule has 2 heterocycles. The number of thiazole rings is 1. The smallest absolute Gasteiger partial charge is 0.403 e. The maximum Gasteiger partial charge on any atom is 0.573 e.